The van der Waals surface area contributed by atoms with Crippen molar-refractivity contribution >= 4 is 22.4 Å². The Morgan fingerprint density at radius 3 is 2.74 bits per heavy atom. The van der Waals surface area contributed by atoms with E-state index in [0.717, 1.165) is 33.9 Å². The van der Waals surface area contributed by atoms with Crippen LogP contribution in [0.3, 0.4) is 0 Å². The van der Waals surface area contributed by atoms with Crippen molar-refractivity contribution in [2.75, 3.05) is 18.5 Å². The molecule has 138 valence electrons. The molecule has 0 radical (unpaired) electrons. The van der Waals surface area contributed by atoms with Crippen molar-refractivity contribution in [1.29, 1.82) is 0 Å². The van der Waals surface area contributed by atoms with E-state index in [2.05, 4.69) is 16.4 Å². The van der Waals surface area contributed by atoms with Crippen LogP contribution in [0.15, 0.2) is 41.8 Å². The second-order valence-electron chi connectivity index (χ2n) is 6.55. The molecule has 1 aromatic heterocycles. The smallest absolute Gasteiger partial charge is 0.230 e. The number of benzene rings is 2. The molecule has 0 atom stereocenters. The summed E-state index contributed by atoms with van der Waals surface area (Å²) in [7, 11) is 0. The molecule has 2 aromatic carbocycles. The number of aryl methyl sites for hydroxylation is 2. The minimum absolute atomic E-state index is 0.0648. The minimum atomic E-state index is -0.0648. The molecule has 0 saturated carbocycles. The summed E-state index contributed by atoms with van der Waals surface area (Å²) in [4.78, 5) is 16.9. The van der Waals surface area contributed by atoms with Gasteiger partial charge in [0, 0.05) is 10.9 Å². The van der Waals surface area contributed by atoms with Gasteiger partial charge in [0.2, 0.25) is 5.91 Å². The first kappa shape index (κ1) is 17.5. The average molecular weight is 380 g/mol. The second-order valence-corrected chi connectivity index (χ2v) is 7.41. The lowest BCUT2D eigenvalue weighted by Crippen LogP contribution is -2.15. The van der Waals surface area contributed by atoms with Gasteiger partial charge in [-0.3, -0.25) is 4.79 Å². The van der Waals surface area contributed by atoms with Crippen molar-refractivity contribution < 1.29 is 14.3 Å². The van der Waals surface area contributed by atoms with Gasteiger partial charge in [-0.2, -0.15) is 0 Å². The van der Waals surface area contributed by atoms with Crippen molar-refractivity contribution in [3.8, 4) is 22.8 Å². The maximum atomic E-state index is 12.4. The molecule has 1 amide bonds. The number of rotatable bonds is 4. The SMILES string of the molecule is Cc1ccc(CC(=O)Nc2nc(-c3ccc4c(c3)OCCO4)cs2)c(C)c1. The summed E-state index contributed by atoms with van der Waals surface area (Å²) in [5.74, 6) is 1.42. The third-order valence-electron chi connectivity index (χ3n) is 4.44. The van der Waals surface area contributed by atoms with E-state index in [-0.39, 0.29) is 5.91 Å². The molecule has 0 aliphatic carbocycles. The van der Waals surface area contributed by atoms with Gasteiger partial charge in [0.1, 0.15) is 13.2 Å². The number of carbonyl (C=O) groups is 1. The van der Waals surface area contributed by atoms with Gasteiger partial charge in [-0.25, -0.2) is 4.98 Å². The quantitative estimate of drug-likeness (QED) is 0.730. The zero-order valence-electron chi connectivity index (χ0n) is 15.2. The highest BCUT2D eigenvalue weighted by atomic mass is 32.1. The summed E-state index contributed by atoms with van der Waals surface area (Å²) >= 11 is 1.41. The molecule has 5 nitrogen and oxygen atoms in total. The largest absolute Gasteiger partial charge is 0.486 e. The molecular formula is C21H20N2O3S. The molecule has 1 aliphatic heterocycles. The molecule has 2 heterocycles. The number of carbonyl (C=O) groups excluding carboxylic acids is 1. The molecule has 3 aromatic rings. The lowest BCUT2D eigenvalue weighted by atomic mass is 10.0. The molecule has 0 saturated heterocycles. The molecule has 0 unspecified atom stereocenters. The summed E-state index contributed by atoms with van der Waals surface area (Å²) in [6, 6.07) is 11.9. The summed E-state index contributed by atoms with van der Waals surface area (Å²) in [6.45, 7) is 5.19. The maximum Gasteiger partial charge on any atom is 0.230 e. The van der Waals surface area contributed by atoms with E-state index >= 15 is 0 Å². The van der Waals surface area contributed by atoms with Gasteiger partial charge < -0.3 is 14.8 Å². The van der Waals surface area contributed by atoms with E-state index in [1.165, 1.54) is 16.9 Å². The average Bonchev–Trinajstić information content (AvgIpc) is 3.12. The van der Waals surface area contributed by atoms with E-state index in [4.69, 9.17) is 9.47 Å². The van der Waals surface area contributed by atoms with Gasteiger partial charge in [0.25, 0.3) is 0 Å². The Morgan fingerprint density at radius 1 is 1.11 bits per heavy atom. The van der Waals surface area contributed by atoms with Crippen molar-refractivity contribution in [1.82, 2.24) is 4.98 Å². The highest BCUT2D eigenvalue weighted by molar-refractivity contribution is 7.14. The zero-order chi connectivity index (χ0) is 18.8. The first-order chi connectivity index (χ1) is 13.1. The number of ether oxygens (including phenoxy) is 2. The lowest BCUT2D eigenvalue weighted by molar-refractivity contribution is -0.115. The summed E-state index contributed by atoms with van der Waals surface area (Å²) in [6.07, 6.45) is 0.338. The van der Waals surface area contributed by atoms with Crippen molar-refractivity contribution in [2.45, 2.75) is 20.3 Å². The van der Waals surface area contributed by atoms with Crippen LogP contribution in [0.4, 0.5) is 5.13 Å². The van der Waals surface area contributed by atoms with Crippen molar-refractivity contribution in [2.24, 2.45) is 0 Å². The zero-order valence-corrected chi connectivity index (χ0v) is 16.1. The Balaban J connectivity index is 1.45. The van der Waals surface area contributed by atoms with Crippen LogP contribution in [-0.2, 0) is 11.2 Å². The van der Waals surface area contributed by atoms with Crippen LogP contribution in [0.1, 0.15) is 16.7 Å². The number of nitrogens with one attached hydrogen (secondary N) is 1. The van der Waals surface area contributed by atoms with Crippen LogP contribution in [0.5, 0.6) is 11.5 Å². The Morgan fingerprint density at radius 2 is 1.93 bits per heavy atom. The number of nitrogens with zero attached hydrogens (tertiary/aromatic N) is 1. The summed E-state index contributed by atoms with van der Waals surface area (Å²) in [5, 5.41) is 5.42. The fraction of sp³-hybridized carbons (Fsp3) is 0.238. The maximum absolute atomic E-state index is 12.4. The van der Waals surface area contributed by atoms with Gasteiger partial charge >= 0.3 is 0 Å². The third kappa shape index (κ3) is 3.95. The van der Waals surface area contributed by atoms with E-state index in [1.807, 2.05) is 49.6 Å². The van der Waals surface area contributed by atoms with E-state index in [0.29, 0.717) is 24.8 Å². The summed E-state index contributed by atoms with van der Waals surface area (Å²) in [5.41, 5.74) is 5.09. The Bertz CT molecular complexity index is 997. The van der Waals surface area contributed by atoms with E-state index in [9.17, 15) is 4.79 Å². The third-order valence-corrected chi connectivity index (χ3v) is 5.20. The van der Waals surface area contributed by atoms with Crippen LogP contribution in [-0.4, -0.2) is 24.1 Å². The molecule has 0 bridgehead atoms. The van der Waals surface area contributed by atoms with Crippen LogP contribution in [0.2, 0.25) is 0 Å². The molecule has 27 heavy (non-hydrogen) atoms. The normalized spacial score (nSPS) is 12.7. The highest BCUT2D eigenvalue weighted by Gasteiger charge is 2.15. The molecule has 1 aliphatic rings. The van der Waals surface area contributed by atoms with Crippen LogP contribution < -0.4 is 14.8 Å². The van der Waals surface area contributed by atoms with E-state index in [1.54, 1.807) is 0 Å². The number of aromatic nitrogens is 1. The van der Waals surface area contributed by atoms with Crippen LogP contribution in [0.25, 0.3) is 11.3 Å². The monoisotopic (exact) mass is 380 g/mol. The Hall–Kier alpha value is -2.86. The van der Waals surface area contributed by atoms with Crippen LogP contribution in [0, 0.1) is 13.8 Å². The number of fused-ring (bicyclic) bond motifs is 1. The van der Waals surface area contributed by atoms with Gasteiger partial charge in [0.15, 0.2) is 16.6 Å². The number of hydrogen-bond acceptors (Lipinski definition) is 5. The van der Waals surface area contributed by atoms with Gasteiger partial charge in [-0.15, -0.1) is 11.3 Å². The molecule has 6 heteroatoms. The van der Waals surface area contributed by atoms with Gasteiger partial charge in [0.05, 0.1) is 12.1 Å². The van der Waals surface area contributed by atoms with Gasteiger partial charge in [-0.05, 0) is 43.2 Å². The lowest BCUT2D eigenvalue weighted by Gasteiger charge is -2.18. The van der Waals surface area contributed by atoms with E-state index < -0.39 is 0 Å². The molecule has 1 N–H and O–H groups in total. The molecule has 4 rings (SSSR count). The minimum Gasteiger partial charge on any atom is -0.486 e. The first-order valence-corrected chi connectivity index (χ1v) is 9.68. The standard InChI is InChI=1S/C21H20N2O3S/c1-13-3-4-15(14(2)9-13)11-20(24)23-21-22-17(12-27-21)16-5-6-18-19(10-16)26-8-7-25-18/h3-6,9-10,12H,7-8,11H2,1-2H3,(H,22,23,24). The number of anilines is 1. The van der Waals surface area contributed by atoms with Gasteiger partial charge in [-0.1, -0.05) is 23.8 Å². The van der Waals surface area contributed by atoms with Crippen LogP contribution >= 0.6 is 11.3 Å². The first-order valence-electron chi connectivity index (χ1n) is 8.80. The predicted octanol–water partition coefficient (Wildman–Crippen LogP) is 4.38. The predicted molar refractivity (Wildman–Crippen MR) is 107 cm³/mol. The topological polar surface area (TPSA) is 60.5 Å². The highest BCUT2D eigenvalue weighted by Crippen LogP contribution is 2.35. The number of amides is 1. The molecule has 0 spiro atoms. The fourth-order valence-corrected chi connectivity index (χ4v) is 3.78. The fourth-order valence-electron chi connectivity index (χ4n) is 3.05. The second kappa shape index (κ2) is 7.40. The summed E-state index contributed by atoms with van der Waals surface area (Å²) < 4.78 is 11.2. The Labute approximate surface area is 162 Å². The number of thiazole rings is 1. The van der Waals surface area contributed by atoms with Crippen molar-refractivity contribution in [3.63, 3.8) is 0 Å². The Kier molecular flexibility index (Phi) is 4.81. The number of hydrogen-bond donors (Lipinski definition) is 1. The van der Waals surface area contributed by atoms with Crippen molar-refractivity contribution in [3.05, 3.63) is 58.5 Å². The molecular weight excluding hydrogens is 360 g/mol. The molecule has 0 fully saturated rings.